The van der Waals surface area contributed by atoms with Crippen molar-refractivity contribution in [3.8, 4) is 0 Å². The van der Waals surface area contributed by atoms with Crippen molar-refractivity contribution in [2.45, 2.75) is 20.0 Å². The third kappa shape index (κ3) is 3.88. The van der Waals surface area contributed by atoms with Gasteiger partial charge in [-0.15, -0.1) is 0 Å². The topological polar surface area (TPSA) is 92.8 Å². The van der Waals surface area contributed by atoms with E-state index in [0.29, 0.717) is 11.4 Å². The Morgan fingerprint density at radius 2 is 1.53 bits per heavy atom. The minimum atomic E-state index is -1.06. The number of amides is 3. The highest BCUT2D eigenvalue weighted by molar-refractivity contribution is 6.35. The van der Waals surface area contributed by atoms with E-state index in [1.807, 2.05) is 25.1 Å². The van der Waals surface area contributed by atoms with E-state index < -0.39 is 29.8 Å². The van der Waals surface area contributed by atoms with E-state index in [0.717, 1.165) is 10.5 Å². The lowest BCUT2D eigenvalue weighted by molar-refractivity contribution is -0.123. The number of hydrogen-bond acceptors (Lipinski definition) is 5. The first-order valence-electron chi connectivity index (χ1n) is 10.0. The summed E-state index contributed by atoms with van der Waals surface area (Å²) >= 11 is 0. The fourth-order valence-electron chi connectivity index (χ4n) is 3.45. The molecular weight excluding hydrogens is 408 g/mol. The van der Waals surface area contributed by atoms with Gasteiger partial charge < -0.3 is 10.1 Å². The van der Waals surface area contributed by atoms with Gasteiger partial charge in [0.1, 0.15) is 0 Å². The standard InChI is InChI=1S/C25H20N2O5/c1-15-8-6-7-11-21(15)27-23(29)19-13-12-17(14-20(19)24(27)30)25(31)32-16(2)22(28)26-18-9-4-3-5-10-18/h3-14,16H,1-2H3,(H,26,28). The Bertz CT molecular complexity index is 1240. The van der Waals surface area contributed by atoms with E-state index in [-0.39, 0.29) is 16.7 Å². The molecule has 3 amide bonds. The maximum atomic E-state index is 13.0. The lowest BCUT2D eigenvalue weighted by atomic mass is 10.1. The van der Waals surface area contributed by atoms with E-state index in [4.69, 9.17) is 4.74 Å². The second-order valence-electron chi connectivity index (χ2n) is 7.40. The summed E-state index contributed by atoms with van der Waals surface area (Å²) in [6.45, 7) is 3.27. The van der Waals surface area contributed by atoms with E-state index in [1.165, 1.54) is 25.1 Å². The van der Waals surface area contributed by atoms with Gasteiger partial charge in [0.2, 0.25) is 0 Å². The fourth-order valence-corrected chi connectivity index (χ4v) is 3.45. The van der Waals surface area contributed by atoms with E-state index in [2.05, 4.69) is 5.32 Å². The summed E-state index contributed by atoms with van der Waals surface area (Å²) in [6.07, 6.45) is -1.06. The number of aryl methyl sites for hydroxylation is 1. The number of anilines is 2. The van der Waals surface area contributed by atoms with Gasteiger partial charge in [-0.25, -0.2) is 9.69 Å². The van der Waals surface area contributed by atoms with Crippen molar-refractivity contribution < 1.29 is 23.9 Å². The average molecular weight is 428 g/mol. The summed E-state index contributed by atoms with van der Waals surface area (Å²) in [5, 5.41) is 2.66. The van der Waals surface area contributed by atoms with Crippen molar-refractivity contribution in [3.63, 3.8) is 0 Å². The number of nitrogens with zero attached hydrogens (tertiary/aromatic N) is 1. The Kier molecular flexibility index (Phi) is 5.55. The summed E-state index contributed by atoms with van der Waals surface area (Å²) in [6, 6.07) is 20.0. The number of nitrogens with one attached hydrogen (secondary N) is 1. The molecule has 7 nitrogen and oxygen atoms in total. The molecule has 0 bridgehead atoms. The molecule has 0 aliphatic carbocycles. The molecule has 1 atom stereocenters. The van der Waals surface area contributed by atoms with Crippen molar-refractivity contribution in [1.82, 2.24) is 0 Å². The fraction of sp³-hybridized carbons (Fsp3) is 0.120. The van der Waals surface area contributed by atoms with Gasteiger partial charge in [0, 0.05) is 5.69 Å². The van der Waals surface area contributed by atoms with Crippen LogP contribution in [0.2, 0.25) is 0 Å². The average Bonchev–Trinajstić information content (AvgIpc) is 3.04. The molecule has 0 spiro atoms. The van der Waals surface area contributed by atoms with Crippen LogP contribution in [0.4, 0.5) is 11.4 Å². The van der Waals surface area contributed by atoms with Crippen LogP contribution >= 0.6 is 0 Å². The van der Waals surface area contributed by atoms with Crippen molar-refractivity contribution in [2.24, 2.45) is 0 Å². The molecule has 7 heteroatoms. The quantitative estimate of drug-likeness (QED) is 0.490. The van der Waals surface area contributed by atoms with Gasteiger partial charge in [-0.3, -0.25) is 14.4 Å². The van der Waals surface area contributed by atoms with Crippen LogP contribution in [0.5, 0.6) is 0 Å². The third-order valence-corrected chi connectivity index (χ3v) is 5.17. The Labute approximate surface area is 184 Å². The number of carbonyl (C=O) groups is 4. The van der Waals surface area contributed by atoms with Gasteiger partial charge in [0.15, 0.2) is 6.10 Å². The first kappa shape index (κ1) is 21.0. The summed E-state index contributed by atoms with van der Waals surface area (Å²) in [7, 11) is 0. The molecule has 0 fully saturated rings. The van der Waals surface area contributed by atoms with Gasteiger partial charge in [0.05, 0.1) is 22.4 Å². The minimum Gasteiger partial charge on any atom is -0.449 e. The molecule has 1 unspecified atom stereocenters. The Balaban J connectivity index is 1.51. The zero-order valence-corrected chi connectivity index (χ0v) is 17.5. The molecule has 0 radical (unpaired) electrons. The number of para-hydroxylation sites is 2. The largest absolute Gasteiger partial charge is 0.449 e. The molecular formula is C25H20N2O5. The van der Waals surface area contributed by atoms with Crippen molar-refractivity contribution >= 4 is 35.1 Å². The zero-order chi connectivity index (χ0) is 22.8. The predicted octanol–water partition coefficient (Wildman–Crippen LogP) is 3.98. The van der Waals surface area contributed by atoms with Crippen LogP contribution in [0.15, 0.2) is 72.8 Å². The number of esters is 1. The SMILES string of the molecule is Cc1ccccc1N1C(=O)c2ccc(C(=O)OC(C)C(=O)Nc3ccccc3)cc2C1=O. The normalized spacial score (nSPS) is 13.5. The molecule has 32 heavy (non-hydrogen) atoms. The molecule has 0 saturated carbocycles. The van der Waals surface area contributed by atoms with Crippen molar-refractivity contribution in [3.05, 3.63) is 95.1 Å². The predicted molar refractivity (Wildman–Crippen MR) is 119 cm³/mol. The van der Waals surface area contributed by atoms with E-state index in [1.54, 1.807) is 36.4 Å². The van der Waals surface area contributed by atoms with Crippen molar-refractivity contribution in [2.75, 3.05) is 10.2 Å². The monoisotopic (exact) mass is 428 g/mol. The second kappa shape index (κ2) is 8.47. The van der Waals surface area contributed by atoms with Crippen LogP contribution in [0.1, 0.15) is 43.6 Å². The van der Waals surface area contributed by atoms with Crippen molar-refractivity contribution in [1.29, 1.82) is 0 Å². The maximum Gasteiger partial charge on any atom is 0.338 e. The Hall–Kier alpha value is -4.26. The van der Waals surface area contributed by atoms with E-state index >= 15 is 0 Å². The van der Waals surface area contributed by atoms with Gasteiger partial charge in [0.25, 0.3) is 17.7 Å². The number of rotatable bonds is 5. The second-order valence-corrected chi connectivity index (χ2v) is 7.40. The summed E-state index contributed by atoms with van der Waals surface area (Å²) in [4.78, 5) is 51.8. The summed E-state index contributed by atoms with van der Waals surface area (Å²) < 4.78 is 5.26. The molecule has 0 aromatic heterocycles. The van der Waals surface area contributed by atoms with Crippen LogP contribution < -0.4 is 10.2 Å². The number of carbonyl (C=O) groups excluding carboxylic acids is 4. The zero-order valence-electron chi connectivity index (χ0n) is 17.5. The highest BCUT2D eigenvalue weighted by Gasteiger charge is 2.38. The van der Waals surface area contributed by atoms with Gasteiger partial charge >= 0.3 is 5.97 Å². The molecule has 0 saturated heterocycles. The first-order valence-corrected chi connectivity index (χ1v) is 10.0. The van der Waals surface area contributed by atoms with Gasteiger partial charge in [-0.05, 0) is 55.8 Å². The first-order chi connectivity index (χ1) is 15.4. The van der Waals surface area contributed by atoms with E-state index in [9.17, 15) is 19.2 Å². The van der Waals surface area contributed by atoms with Crippen LogP contribution in [0, 0.1) is 6.92 Å². The molecule has 1 heterocycles. The third-order valence-electron chi connectivity index (χ3n) is 5.17. The number of benzene rings is 3. The minimum absolute atomic E-state index is 0.0795. The smallest absolute Gasteiger partial charge is 0.338 e. The van der Waals surface area contributed by atoms with Crippen LogP contribution in [0.3, 0.4) is 0 Å². The maximum absolute atomic E-state index is 13.0. The van der Waals surface area contributed by atoms with Gasteiger partial charge in [-0.1, -0.05) is 36.4 Å². The Morgan fingerprint density at radius 1 is 0.875 bits per heavy atom. The summed E-state index contributed by atoms with van der Waals surface area (Å²) in [5.41, 5.74) is 2.27. The molecule has 4 rings (SSSR count). The number of imide groups is 1. The van der Waals surface area contributed by atoms with Crippen LogP contribution in [0.25, 0.3) is 0 Å². The van der Waals surface area contributed by atoms with Gasteiger partial charge in [-0.2, -0.15) is 0 Å². The van der Waals surface area contributed by atoms with Crippen LogP contribution in [-0.4, -0.2) is 29.8 Å². The Morgan fingerprint density at radius 3 is 2.25 bits per heavy atom. The molecule has 1 aliphatic heterocycles. The lowest BCUT2D eigenvalue weighted by Gasteiger charge is -2.16. The lowest BCUT2D eigenvalue weighted by Crippen LogP contribution is -2.30. The molecule has 3 aromatic rings. The molecule has 160 valence electrons. The number of fused-ring (bicyclic) bond motifs is 1. The number of ether oxygens (including phenoxy) is 1. The summed E-state index contributed by atoms with van der Waals surface area (Å²) in [5.74, 6) is -2.21. The highest BCUT2D eigenvalue weighted by atomic mass is 16.5. The van der Waals surface area contributed by atoms with Crippen LogP contribution in [-0.2, 0) is 9.53 Å². The molecule has 3 aromatic carbocycles. The molecule has 1 N–H and O–H groups in total. The highest BCUT2D eigenvalue weighted by Crippen LogP contribution is 2.31. The molecule has 1 aliphatic rings. The number of hydrogen-bond donors (Lipinski definition) is 1.